The summed E-state index contributed by atoms with van der Waals surface area (Å²) in [6, 6.07) is 7.07. The van der Waals surface area contributed by atoms with E-state index in [1.807, 2.05) is 13.8 Å². The lowest BCUT2D eigenvalue weighted by Crippen LogP contribution is -1.87. The summed E-state index contributed by atoms with van der Waals surface area (Å²) in [6.07, 6.45) is 1.17. The van der Waals surface area contributed by atoms with E-state index in [0.29, 0.717) is 34.7 Å². The number of benzene rings is 2. The zero-order valence-electron chi connectivity index (χ0n) is 10.9. The fourth-order valence-electron chi connectivity index (χ4n) is 2.47. The first kappa shape index (κ1) is 12.2. The first-order valence-corrected chi connectivity index (χ1v) is 6.48. The highest BCUT2D eigenvalue weighted by Crippen LogP contribution is 2.34. The minimum atomic E-state index is -0.381. The summed E-state index contributed by atoms with van der Waals surface area (Å²) < 4.78 is 33.9. The second-order valence-electron chi connectivity index (χ2n) is 4.64. The molecular weight excluding hydrogens is 246 g/mol. The maximum absolute atomic E-state index is 14.2. The van der Waals surface area contributed by atoms with Gasteiger partial charge in [-0.05, 0) is 36.1 Å². The quantitative estimate of drug-likeness (QED) is 0.632. The molecule has 19 heavy (non-hydrogen) atoms. The number of furan rings is 1. The second kappa shape index (κ2) is 4.34. The van der Waals surface area contributed by atoms with Gasteiger partial charge in [0.1, 0.15) is 0 Å². The molecule has 0 radical (unpaired) electrons. The molecule has 0 saturated heterocycles. The minimum Gasteiger partial charge on any atom is -0.450 e. The van der Waals surface area contributed by atoms with E-state index in [4.69, 9.17) is 4.42 Å². The molecule has 3 rings (SSSR count). The molecule has 1 nitrogen and oxygen atoms in total. The van der Waals surface area contributed by atoms with Gasteiger partial charge in [0.25, 0.3) is 0 Å². The monoisotopic (exact) mass is 260 g/mol. The zero-order chi connectivity index (χ0) is 13.6. The SMILES string of the molecule is CCc1ccc2c(oc3c(F)c(CC)ccc32)c1F. The standard InChI is InChI=1S/C16H14F2O/c1-3-9-5-7-11-12-8-6-10(4-2)14(18)16(12)19-15(11)13(9)17/h5-8H,3-4H2,1-2H3. The Morgan fingerprint density at radius 3 is 1.58 bits per heavy atom. The third-order valence-corrected chi connectivity index (χ3v) is 3.61. The number of hydrogen-bond donors (Lipinski definition) is 0. The van der Waals surface area contributed by atoms with Gasteiger partial charge >= 0.3 is 0 Å². The number of hydrogen-bond acceptors (Lipinski definition) is 1. The summed E-state index contributed by atoms with van der Waals surface area (Å²) >= 11 is 0. The number of rotatable bonds is 2. The Kier molecular flexibility index (Phi) is 2.77. The Morgan fingerprint density at radius 2 is 1.21 bits per heavy atom. The molecule has 1 heterocycles. The third kappa shape index (κ3) is 1.65. The van der Waals surface area contributed by atoms with Crippen LogP contribution in [0, 0.1) is 11.6 Å². The molecule has 0 aliphatic heterocycles. The summed E-state index contributed by atoms with van der Waals surface area (Å²) in [5.74, 6) is -0.762. The van der Waals surface area contributed by atoms with Crippen molar-refractivity contribution in [2.45, 2.75) is 26.7 Å². The van der Waals surface area contributed by atoms with E-state index in [1.165, 1.54) is 0 Å². The molecule has 2 aromatic carbocycles. The second-order valence-corrected chi connectivity index (χ2v) is 4.64. The van der Waals surface area contributed by atoms with Gasteiger partial charge in [0.05, 0.1) is 0 Å². The predicted octanol–water partition coefficient (Wildman–Crippen LogP) is 4.99. The van der Waals surface area contributed by atoms with Crippen LogP contribution in [-0.4, -0.2) is 0 Å². The van der Waals surface area contributed by atoms with Crippen molar-refractivity contribution in [2.24, 2.45) is 0 Å². The van der Waals surface area contributed by atoms with Crippen LogP contribution in [0.25, 0.3) is 21.9 Å². The molecule has 0 atom stereocenters. The van der Waals surface area contributed by atoms with Gasteiger partial charge in [-0.15, -0.1) is 0 Å². The van der Waals surface area contributed by atoms with Crippen LogP contribution in [0.1, 0.15) is 25.0 Å². The minimum absolute atomic E-state index is 0.154. The zero-order valence-corrected chi connectivity index (χ0v) is 10.9. The first-order chi connectivity index (χ1) is 9.17. The van der Waals surface area contributed by atoms with Crippen LogP contribution in [0.5, 0.6) is 0 Å². The van der Waals surface area contributed by atoms with E-state index < -0.39 is 0 Å². The van der Waals surface area contributed by atoms with Gasteiger partial charge in [0, 0.05) is 10.8 Å². The molecule has 0 aliphatic rings. The largest absolute Gasteiger partial charge is 0.450 e. The highest BCUT2D eigenvalue weighted by molar-refractivity contribution is 6.05. The molecular formula is C16H14F2O. The lowest BCUT2D eigenvalue weighted by molar-refractivity contribution is 0.548. The molecule has 0 spiro atoms. The van der Waals surface area contributed by atoms with E-state index in [0.717, 1.165) is 0 Å². The highest BCUT2D eigenvalue weighted by atomic mass is 19.1. The first-order valence-electron chi connectivity index (χ1n) is 6.48. The molecule has 0 fully saturated rings. The van der Waals surface area contributed by atoms with Crippen molar-refractivity contribution >= 4 is 21.9 Å². The van der Waals surface area contributed by atoms with Crippen LogP contribution in [-0.2, 0) is 12.8 Å². The Labute approximate surface area is 109 Å². The van der Waals surface area contributed by atoms with Gasteiger partial charge in [0.15, 0.2) is 22.8 Å². The number of halogens is 2. The van der Waals surface area contributed by atoms with Crippen molar-refractivity contribution in [3.8, 4) is 0 Å². The lowest BCUT2D eigenvalue weighted by atomic mass is 10.1. The molecule has 0 saturated carbocycles. The van der Waals surface area contributed by atoms with Crippen LogP contribution in [0.15, 0.2) is 28.7 Å². The molecule has 0 aliphatic carbocycles. The topological polar surface area (TPSA) is 13.1 Å². The van der Waals surface area contributed by atoms with Gasteiger partial charge < -0.3 is 4.42 Å². The molecule has 3 aromatic rings. The third-order valence-electron chi connectivity index (χ3n) is 3.61. The number of aryl methyl sites for hydroxylation is 2. The van der Waals surface area contributed by atoms with Crippen LogP contribution in [0.2, 0.25) is 0 Å². The van der Waals surface area contributed by atoms with Crippen molar-refractivity contribution in [3.05, 3.63) is 47.0 Å². The van der Waals surface area contributed by atoms with Crippen LogP contribution < -0.4 is 0 Å². The van der Waals surface area contributed by atoms with Gasteiger partial charge in [-0.3, -0.25) is 0 Å². The summed E-state index contributed by atoms with van der Waals surface area (Å²) in [5, 5.41) is 1.26. The highest BCUT2D eigenvalue weighted by Gasteiger charge is 2.17. The molecule has 1 aromatic heterocycles. The summed E-state index contributed by atoms with van der Waals surface area (Å²) in [4.78, 5) is 0. The van der Waals surface area contributed by atoms with E-state index >= 15 is 0 Å². The maximum atomic E-state index is 14.2. The van der Waals surface area contributed by atoms with E-state index in [9.17, 15) is 8.78 Å². The number of fused-ring (bicyclic) bond motifs is 3. The van der Waals surface area contributed by atoms with Crippen LogP contribution in [0.3, 0.4) is 0 Å². The van der Waals surface area contributed by atoms with Crippen molar-refractivity contribution in [1.82, 2.24) is 0 Å². The molecule has 0 N–H and O–H groups in total. The average molecular weight is 260 g/mol. The fraction of sp³-hybridized carbons (Fsp3) is 0.250. The molecule has 0 bridgehead atoms. The van der Waals surface area contributed by atoms with Crippen molar-refractivity contribution in [3.63, 3.8) is 0 Å². The molecule has 98 valence electrons. The van der Waals surface area contributed by atoms with Crippen molar-refractivity contribution < 1.29 is 13.2 Å². The predicted molar refractivity (Wildman–Crippen MR) is 72.4 cm³/mol. The summed E-state index contributed by atoms with van der Waals surface area (Å²) in [7, 11) is 0. The van der Waals surface area contributed by atoms with Crippen molar-refractivity contribution in [1.29, 1.82) is 0 Å². The normalized spacial score (nSPS) is 11.6. The smallest absolute Gasteiger partial charge is 0.171 e. The van der Waals surface area contributed by atoms with Crippen molar-refractivity contribution in [2.75, 3.05) is 0 Å². The van der Waals surface area contributed by atoms with E-state index in [1.54, 1.807) is 24.3 Å². The molecule has 0 unspecified atom stereocenters. The van der Waals surface area contributed by atoms with E-state index in [-0.39, 0.29) is 22.8 Å². The Hall–Kier alpha value is -1.90. The Morgan fingerprint density at radius 1 is 0.789 bits per heavy atom. The Balaban J connectivity index is 2.44. The van der Waals surface area contributed by atoms with Gasteiger partial charge in [-0.25, -0.2) is 8.78 Å². The summed E-state index contributed by atoms with van der Waals surface area (Å²) in [6.45, 7) is 3.76. The maximum Gasteiger partial charge on any atom is 0.171 e. The molecule has 3 heteroatoms. The van der Waals surface area contributed by atoms with Gasteiger partial charge in [-0.2, -0.15) is 0 Å². The lowest BCUT2D eigenvalue weighted by Gasteiger charge is -1.99. The van der Waals surface area contributed by atoms with Crippen LogP contribution >= 0.6 is 0 Å². The summed E-state index contributed by atoms with van der Waals surface area (Å²) in [5.41, 5.74) is 1.48. The molecule has 0 amide bonds. The van der Waals surface area contributed by atoms with Gasteiger partial charge in [-0.1, -0.05) is 26.0 Å². The van der Waals surface area contributed by atoms with Gasteiger partial charge in [0.2, 0.25) is 0 Å². The average Bonchev–Trinajstić information content (AvgIpc) is 2.80. The van der Waals surface area contributed by atoms with E-state index in [2.05, 4.69) is 0 Å². The van der Waals surface area contributed by atoms with Crippen LogP contribution in [0.4, 0.5) is 8.78 Å². The Bertz CT molecular complexity index is 707. The fourth-order valence-corrected chi connectivity index (χ4v) is 2.47.